The van der Waals surface area contributed by atoms with Crippen LogP contribution >= 0.6 is 0 Å². The van der Waals surface area contributed by atoms with Gasteiger partial charge in [-0.15, -0.1) is 0 Å². The van der Waals surface area contributed by atoms with Gasteiger partial charge in [-0.05, 0) is 46.1 Å². The summed E-state index contributed by atoms with van der Waals surface area (Å²) in [6.07, 6.45) is 5.40. The summed E-state index contributed by atoms with van der Waals surface area (Å²) in [5, 5.41) is 0. The molecule has 0 aliphatic carbocycles. The lowest BCUT2D eigenvalue weighted by Gasteiger charge is -2.49. The molecule has 0 aromatic rings. The molecule has 0 bridgehead atoms. The predicted octanol–water partition coefficient (Wildman–Crippen LogP) is 5.35. The molecular weight excluding hydrogens is 206 g/mol. The van der Waals surface area contributed by atoms with Crippen LogP contribution in [-0.4, -0.2) is 23.5 Å². The topological polar surface area (TPSA) is 3.24 Å². The summed E-state index contributed by atoms with van der Waals surface area (Å²) >= 11 is 0. The molecule has 0 N–H and O–H groups in total. The van der Waals surface area contributed by atoms with Gasteiger partial charge in [-0.2, -0.15) is 0 Å². The van der Waals surface area contributed by atoms with Crippen LogP contribution < -0.4 is 0 Å². The number of rotatable bonds is 2. The fourth-order valence-electron chi connectivity index (χ4n) is 3.07. The molecule has 3 unspecified atom stereocenters. The Balaban J connectivity index is 0. The van der Waals surface area contributed by atoms with Crippen LogP contribution in [0.3, 0.4) is 0 Å². The SMILES string of the molecule is CC.CC.CCCC1(C)CC(C)CC(C)N1C. The first-order valence-electron chi connectivity index (χ1n) is 7.72. The zero-order chi connectivity index (χ0) is 14.1. The molecule has 1 fully saturated rings. The van der Waals surface area contributed by atoms with E-state index in [0.29, 0.717) is 5.54 Å². The fourth-order valence-corrected chi connectivity index (χ4v) is 3.07. The van der Waals surface area contributed by atoms with Crippen LogP contribution in [0.5, 0.6) is 0 Å². The molecular formula is C16H37N. The van der Waals surface area contributed by atoms with Crippen molar-refractivity contribution < 1.29 is 0 Å². The van der Waals surface area contributed by atoms with Gasteiger partial charge in [-0.3, -0.25) is 4.90 Å². The maximum absolute atomic E-state index is 2.59. The van der Waals surface area contributed by atoms with Gasteiger partial charge in [0.1, 0.15) is 0 Å². The van der Waals surface area contributed by atoms with Crippen molar-refractivity contribution in [3.63, 3.8) is 0 Å². The summed E-state index contributed by atoms with van der Waals surface area (Å²) in [6.45, 7) is 17.5. The van der Waals surface area contributed by atoms with E-state index in [1.165, 1.54) is 25.7 Å². The van der Waals surface area contributed by atoms with Crippen molar-refractivity contribution in [3.8, 4) is 0 Å². The number of nitrogens with zero attached hydrogens (tertiary/aromatic N) is 1. The van der Waals surface area contributed by atoms with Crippen molar-refractivity contribution in [2.75, 3.05) is 7.05 Å². The summed E-state index contributed by atoms with van der Waals surface area (Å²) in [5.41, 5.74) is 0.464. The highest BCUT2D eigenvalue weighted by Gasteiger charge is 2.37. The first-order chi connectivity index (χ1) is 7.99. The summed E-state index contributed by atoms with van der Waals surface area (Å²) in [7, 11) is 2.30. The highest BCUT2D eigenvalue weighted by molar-refractivity contribution is 4.93. The lowest BCUT2D eigenvalue weighted by molar-refractivity contribution is 0.0129. The Morgan fingerprint density at radius 1 is 1.12 bits per heavy atom. The molecule has 0 aromatic carbocycles. The fraction of sp³-hybridized carbons (Fsp3) is 1.00. The monoisotopic (exact) mass is 243 g/mol. The van der Waals surface area contributed by atoms with Gasteiger partial charge in [0.25, 0.3) is 0 Å². The molecule has 0 amide bonds. The van der Waals surface area contributed by atoms with E-state index in [0.717, 1.165) is 12.0 Å². The normalized spacial score (nSPS) is 33.0. The molecule has 3 atom stereocenters. The van der Waals surface area contributed by atoms with Gasteiger partial charge in [-0.1, -0.05) is 48.0 Å². The second-order valence-electron chi connectivity index (χ2n) is 5.25. The molecule has 0 radical (unpaired) electrons. The minimum atomic E-state index is 0.464. The summed E-state index contributed by atoms with van der Waals surface area (Å²) in [4.78, 5) is 2.59. The average molecular weight is 243 g/mol. The van der Waals surface area contributed by atoms with Gasteiger partial charge in [0.05, 0.1) is 0 Å². The second-order valence-corrected chi connectivity index (χ2v) is 5.25. The maximum Gasteiger partial charge on any atom is 0.0183 e. The molecule has 1 heteroatoms. The maximum atomic E-state index is 2.59. The van der Waals surface area contributed by atoms with Gasteiger partial charge >= 0.3 is 0 Å². The van der Waals surface area contributed by atoms with E-state index in [1.807, 2.05) is 27.7 Å². The Labute approximate surface area is 111 Å². The summed E-state index contributed by atoms with van der Waals surface area (Å²) in [6, 6.07) is 0.764. The standard InChI is InChI=1S/C12H25N.2C2H6/c1-6-7-12(4)9-10(2)8-11(3)13(12)5;2*1-2/h10-11H,6-9H2,1-5H3;2*1-2H3. The van der Waals surface area contributed by atoms with Gasteiger partial charge in [-0.25, -0.2) is 0 Å². The Morgan fingerprint density at radius 3 is 2.00 bits per heavy atom. The molecule has 1 nitrogen and oxygen atoms in total. The lowest BCUT2D eigenvalue weighted by atomic mass is 9.77. The number of likely N-dealkylation sites (tertiary alicyclic amines) is 1. The van der Waals surface area contributed by atoms with E-state index in [2.05, 4.69) is 39.6 Å². The molecule has 1 rings (SSSR count). The van der Waals surface area contributed by atoms with Crippen molar-refractivity contribution in [3.05, 3.63) is 0 Å². The molecule has 106 valence electrons. The minimum absolute atomic E-state index is 0.464. The van der Waals surface area contributed by atoms with E-state index in [4.69, 9.17) is 0 Å². The molecule has 1 heterocycles. The summed E-state index contributed by atoms with van der Waals surface area (Å²) < 4.78 is 0. The third-order valence-corrected chi connectivity index (χ3v) is 3.83. The Kier molecular flexibility index (Phi) is 11.3. The molecule has 0 aromatic heterocycles. The smallest absolute Gasteiger partial charge is 0.0183 e. The third kappa shape index (κ3) is 5.90. The van der Waals surface area contributed by atoms with Crippen LogP contribution in [0.1, 0.15) is 81.1 Å². The zero-order valence-electron chi connectivity index (χ0n) is 13.9. The Hall–Kier alpha value is -0.0400. The van der Waals surface area contributed by atoms with E-state index >= 15 is 0 Å². The van der Waals surface area contributed by atoms with Gasteiger partial charge in [0, 0.05) is 11.6 Å². The summed E-state index contributed by atoms with van der Waals surface area (Å²) in [5.74, 6) is 0.905. The van der Waals surface area contributed by atoms with Gasteiger partial charge in [0.2, 0.25) is 0 Å². The van der Waals surface area contributed by atoms with Crippen LogP contribution in [-0.2, 0) is 0 Å². The average Bonchev–Trinajstić information content (AvgIpc) is 2.31. The van der Waals surface area contributed by atoms with E-state index in [9.17, 15) is 0 Å². The molecule has 0 saturated carbocycles. The van der Waals surface area contributed by atoms with E-state index in [1.54, 1.807) is 0 Å². The Morgan fingerprint density at radius 2 is 1.59 bits per heavy atom. The van der Waals surface area contributed by atoms with Crippen LogP contribution in [0, 0.1) is 5.92 Å². The number of hydrogen-bond donors (Lipinski definition) is 0. The molecule has 1 aliphatic rings. The van der Waals surface area contributed by atoms with Crippen molar-refractivity contribution >= 4 is 0 Å². The zero-order valence-corrected chi connectivity index (χ0v) is 13.9. The molecule has 1 saturated heterocycles. The quantitative estimate of drug-likeness (QED) is 0.632. The van der Waals surface area contributed by atoms with Crippen molar-refractivity contribution in [1.29, 1.82) is 0 Å². The Bertz CT molecular complexity index is 167. The van der Waals surface area contributed by atoms with Crippen molar-refractivity contribution in [1.82, 2.24) is 4.90 Å². The van der Waals surface area contributed by atoms with Crippen LogP contribution in [0.4, 0.5) is 0 Å². The van der Waals surface area contributed by atoms with Crippen LogP contribution in [0.2, 0.25) is 0 Å². The molecule has 1 aliphatic heterocycles. The van der Waals surface area contributed by atoms with Crippen LogP contribution in [0.25, 0.3) is 0 Å². The van der Waals surface area contributed by atoms with E-state index < -0.39 is 0 Å². The van der Waals surface area contributed by atoms with Crippen molar-refractivity contribution in [2.45, 2.75) is 92.7 Å². The van der Waals surface area contributed by atoms with Crippen molar-refractivity contribution in [2.24, 2.45) is 5.92 Å². The second kappa shape index (κ2) is 9.94. The van der Waals surface area contributed by atoms with Gasteiger partial charge in [0.15, 0.2) is 0 Å². The third-order valence-electron chi connectivity index (χ3n) is 3.83. The van der Waals surface area contributed by atoms with Crippen LogP contribution in [0.15, 0.2) is 0 Å². The molecule has 0 spiro atoms. The highest BCUT2D eigenvalue weighted by atomic mass is 15.2. The van der Waals surface area contributed by atoms with E-state index in [-0.39, 0.29) is 0 Å². The molecule has 17 heavy (non-hydrogen) atoms. The number of hydrogen-bond acceptors (Lipinski definition) is 1. The predicted molar refractivity (Wildman–Crippen MR) is 81.6 cm³/mol. The highest BCUT2D eigenvalue weighted by Crippen LogP contribution is 2.36. The largest absolute Gasteiger partial charge is 0.298 e. The number of piperidine rings is 1. The minimum Gasteiger partial charge on any atom is -0.298 e. The van der Waals surface area contributed by atoms with Gasteiger partial charge < -0.3 is 0 Å². The lowest BCUT2D eigenvalue weighted by Crippen LogP contribution is -2.53. The first kappa shape index (κ1) is 19.3. The first-order valence-corrected chi connectivity index (χ1v) is 7.72.